The molecule has 1 aliphatic rings. The van der Waals surface area contributed by atoms with Crippen molar-refractivity contribution in [3.8, 4) is 17.0 Å². The van der Waals surface area contributed by atoms with E-state index in [-0.39, 0.29) is 5.56 Å². The van der Waals surface area contributed by atoms with E-state index < -0.39 is 0 Å². The van der Waals surface area contributed by atoms with Crippen LogP contribution in [0.5, 0.6) is 5.75 Å². The summed E-state index contributed by atoms with van der Waals surface area (Å²) in [6.07, 6.45) is 5.29. The molecule has 150 valence electrons. The molecule has 0 N–H and O–H groups in total. The Morgan fingerprint density at radius 1 is 1.03 bits per heavy atom. The number of rotatable bonds is 5. The zero-order chi connectivity index (χ0) is 20.5. The first-order chi connectivity index (χ1) is 14.7. The summed E-state index contributed by atoms with van der Waals surface area (Å²) < 4.78 is 6.95. The SMILES string of the molecule is COc1ccc2nccc(N3CC(Cn4nc(-c5ccncc5)ccc4=O)C3)c2c1. The van der Waals surface area contributed by atoms with Gasteiger partial charge >= 0.3 is 0 Å². The molecule has 0 aliphatic carbocycles. The Morgan fingerprint density at radius 3 is 2.67 bits per heavy atom. The quantitative estimate of drug-likeness (QED) is 0.514. The third-order valence-electron chi connectivity index (χ3n) is 5.50. The van der Waals surface area contributed by atoms with Crippen LogP contribution in [0.15, 0.2) is 71.9 Å². The molecule has 0 radical (unpaired) electrons. The molecule has 5 rings (SSSR count). The van der Waals surface area contributed by atoms with Crippen molar-refractivity contribution in [3.05, 3.63) is 77.5 Å². The third kappa shape index (κ3) is 3.39. The van der Waals surface area contributed by atoms with Crippen molar-refractivity contribution in [3.63, 3.8) is 0 Å². The lowest BCUT2D eigenvalue weighted by atomic mass is 9.98. The highest BCUT2D eigenvalue weighted by atomic mass is 16.5. The Bertz CT molecular complexity index is 1250. The van der Waals surface area contributed by atoms with Crippen molar-refractivity contribution in [2.45, 2.75) is 6.54 Å². The van der Waals surface area contributed by atoms with Crippen LogP contribution in [-0.4, -0.2) is 39.9 Å². The minimum absolute atomic E-state index is 0.0784. The molecule has 0 spiro atoms. The van der Waals surface area contributed by atoms with Crippen LogP contribution in [0.1, 0.15) is 0 Å². The highest BCUT2D eigenvalue weighted by Gasteiger charge is 2.29. The van der Waals surface area contributed by atoms with Crippen LogP contribution in [-0.2, 0) is 6.54 Å². The highest BCUT2D eigenvalue weighted by molar-refractivity contribution is 5.92. The van der Waals surface area contributed by atoms with Crippen molar-refractivity contribution in [1.82, 2.24) is 19.7 Å². The minimum atomic E-state index is -0.0784. The number of benzene rings is 1. The van der Waals surface area contributed by atoms with Crippen LogP contribution in [0, 0.1) is 5.92 Å². The standard InChI is InChI=1S/C23H21N5O2/c1-30-18-2-3-21-19(12-18)22(8-11-25-21)27-13-16(14-27)15-28-23(29)5-4-20(26-28)17-6-9-24-10-7-17/h2-12,16H,13-15H2,1H3. The van der Waals surface area contributed by atoms with E-state index in [0.29, 0.717) is 12.5 Å². The van der Waals surface area contributed by atoms with Crippen LogP contribution >= 0.6 is 0 Å². The molecule has 0 atom stereocenters. The van der Waals surface area contributed by atoms with E-state index >= 15 is 0 Å². The maximum absolute atomic E-state index is 12.3. The van der Waals surface area contributed by atoms with Crippen LogP contribution in [0.2, 0.25) is 0 Å². The fraction of sp³-hybridized carbons (Fsp3) is 0.217. The summed E-state index contributed by atoms with van der Waals surface area (Å²) in [5.41, 5.74) is 3.73. The summed E-state index contributed by atoms with van der Waals surface area (Å²) in [5.74, 6) is 1.18. The van der Waals surface area contributed by atoms with Gasteiger partial charge in [-0.2, -0.15) is 5.10 Å². The van der Waals surface area contributed by atoms with Gasteiger partial charge in [0.2, 0.25) is 0 Å². The van der Waals surface area contributed by atoms with Gasteiger partial charge in [-0.3, -0.25) is 14.8 Å². The molecule has 7 nitrogen and oxygen atoms in total. The molecule has 0 unspecified atom stereocenters. The minimum Gasteiger partial charge on any atom is -0.497 e. The molecule has 1 saturated heterocycles. The first kappa shape index (κ1) is 18.3. The molecular weight excluding hydrogens is 378 g/mol. The van der Waals surface area contributed by atoms with Crippen LogP contribution in [0.25, 0.3) is 22.2 Å². The summed E-state index contributed by atoms with van der Waals surface area (Å²) in [7, 11) is 1.67. The molecule has 0 amide bonds. The average molecular weight is 399 g/mol. The zero-order valence-electron chi connectivity index (χ0n) is 16.6. The molecule has 1 aromatic carbocycles. The van der Waals surface area contributed by atoms with Crippen molar-refractivity contribution in [2.75, 3.05) is 25.1 Å². The second-order valence-corrected chi connectivity index (χ2v) is 7.46. The fourth-order valence-electron chi connectivity index (χ4n) is 3.90. The Kier molecular flexibility index (Phi) is 4.63. The Morgan fingerprint density at radius 2 is 1.87 bits per heavy atom. The maximum Gasteiger partial charge on any atom is 0.266 e. The van der Waals surface area contributed by atoms with E-state index in [1.54, 1.807) is 36.3 Å². The maximum atomic E-state index is 12.3. The molecule has 7 heteroatoms. The summed E-state index contributed by atoms with van der Waals surface area (Å²) >= 11 is 0. The van der Waals surface area contributed by atoms with Gasteiger partial charge in [-0.15, -0.1) is 0 Å². The summed E-state index contributed by atoms with van der Waals surface area (Å²) in [5, 5.41) is 5.64. The van der Waals surface area contributed by atoms with Crippen molar-refractivity contribution >= 4 is 16.6 Å². The molecule has 4 heterocycles. The molecule has 0 saturated carbocycles. The smallest absolute Gasteiger partial charge is 0.266 e. The highest BCUT2D eigenvalue weighted by Crippen LogP contribution is 2.33. The molecule has 3 aromatic heterocycles. The number of nitrogens with zero attached hydrogens (tertiary/aromatic N) is 5. The molecule has 1 aliphatic heterocycles. The van der Waals surface area contributed by atoms with Crippen LogP contribution in [0.4, 0.5) is 5.69 Å². The topological polar surface area (TPSA) is 73.1 Å². The van der Waals surface area contributed by atoms with Gasteiger partial charge in [0.15, 0.2) is 0 Å². The van der Waals surface area contributed by atoms with E-state index in [1.807, 2.05) is 42.6 Å². The van der Waals surface area contributed by atoms with E-state index in [9.17, 15) is 4.79 Å². The molecule has 30 heavy (non-hydrogen) atoms. The van der Waals surface area contributed by atoms with Gasteiger partial charge in [0.1, 0.15) is 5.75 Å². The number of hydrogen-bond donors (Lipinski definition) is 0. The van der Waals surface area contributed by atoms with Gasteiger partial charge in [0, 0.05) is 60.3 Å². The number of methoxy groups -OCH3 is 1. The average Bonchev–Trinajstić information content (AvgIpc) is 2.77. The zero-order valence-corrected chi connectivity index (χ0v) is 16.6. The molecule has 0 bridgehead atoms. The van der Waals surface area contributed by atoms with Gasteiger partial charge in [0.25, 0.3) is 5.56 Å². The van der Waals surface area contributed by atoms with E-state index in [2.05, 4.69) is 20.0 Å². The monoisotopic (exact) mass is 399 g/mol. The normalized spacial score (nSPS) is 14.0. The van der Waals surface area contributed by atoms with Crippen molar-refractivity contribution in [1.29, 1.82) is 0 Å². The number of hydrogen-bond acceptors (Lipinski definition) is 6. The van der Waals surface area contributed by atoms with E-state index in [0.717, 1.165) is 46.7 Å². The summed E-state index contributed by atoms with van der Waals surface area (Å²) in [6.45, 7) is 2.33. The Balaban J connectivity index is 1.34. The number of anilines is 1. The lowest BCUT2D eigenvalue weighted by molar-refractivity contribution is 0.336. The first-order valence-corrected chi connectivity index (χ1v) is 9.87. The predicted octanol–water partition coefficient (Wildman–Crippen LogP) is 3.00. The fourth-order valence-corrected chi connectivity index (χ4v) is 3.90. The predicted molar refractivity (Wildman–Crippen MR) is 116 cm³/mol. The van der Waals surface area contributed by atoms with Crippen molar-refractivity contribution in [2.24, 2.45) is 5.92 Å². The van der Waals surface area contributed by atoms with Crippen molar-refractivity contribution < 1.29 is 4.74 Å². The molecule has 1 fully saturated rings. The lowest BCUT2D eigenvalue weighted by Gasteiger charge is -2.41. The van der Waals surface area contributed by atoms with Gasteiger partial charge in [-0.25, -0.2) is 4.68 Å². The van der Waals surface area contributed by atoms with Crippen LogP contribution < -0.4 is 15.2 Å². The van der Waals surface area contributed by atoms with Gasteiger partial charge < -0.3 is 9.64 Å². The molecular formula is C23H21N5O2. The number of ether oxygens (including phenoxy) is 1. The Hall–Kier alpha value is -3.74. The van der Waals surface area contributed by atoms with Crippen LogP contribution in [0.3, 0.4) is 0 Å². The number of pyridine rings is 2. The second-order valence-electron chi connectivity index (χ2n) is 7.46. The van der Waals surface area contributed by atoms with Gasteiger partial charge in [-0.05, 0) is 42.5 Å². The Labute approximate surface area is 173 Å². The van der Waals surface area contributed by atoms with Gasteiger partial charge in [0.05, 0.1) is 24.9 Å². The number of fused-ring (bicyclic) bond motifs is 1. The second kappa shape index (κ2) is 7.59. The third-order valence-corrected chi connectivity index (χ3v) is 5.50. The lowest BCUT2D eigenvalue weighted by Crippen LogP contribution is -2.49. The largest absolute Gasteiger partial charge is 0.497 e. The van der Waals surface area contributed by atoms with Gasteiger partial charge in [-0.1, -0.05) is 0 Å². The van der Waals surface area contributed by atoms with E-state index in [1.165, 1.54) is 0 Å². The number of aromatic nitrogens is 4. The molecule has 4 aromatic rings. The van der Waals surface area contributed by atoms with E-state index in [4.69, 9.17) is 4.74 Å². The summed E-state index contributed by atoms with van der Waals surface area (Å²) in [4.78, 5) is 23.1. The first-order valence-electron chi connectivity index (χ1n) is 9.87. The summed E-state index contributed by atoms with van der Waals surface area (Å²) in [6, 6.07) is 15.1.